The third-order valence-electron chi connectivity index (χ3n) is 10.1. The Kier molecular flexibility index (Phi) is 28.6. The molecule has 0 bridgehead atoms. The topological polar surface area (TPSA) is 111 Å². The predicted octanol–water partition coefficient (Wildman–Crippen LogP) is 10.5. The maximum atomic E-state index is 12.7. The Morgan fingerprint density at radius 2 is 1.06 bits per heavy atom. The largest absolute Gasteiger partial charge is 0.756 e. The summed E-state index contributed by atoms with van der Waals surface area (Å²) >= 11 is 0. The molecule has 1 aliphatic rings. The molecule has 4 atom stereocenters. The summed E-state index contributed by atoms with van der Waals surface area (Å²) in [6, 6.07) is 0. The number of carbonyl (C=O) groups is 2. The Bertz CT molecular complexity index is 911. The molecule has 1 aliphatic carbocycles. The fourth-order valence-corrected chi connectivity index (χ4v) is 7.33. The van der Waals surface area contributed by atoms with E-state index in [1.807, 2.05) is 21.1 Å². The molecule has 0 aliphatic heterocycles. The summed E-state index contributed by atoms with van der Waals surface area (Å²) in [4.78, 5) is 37.5. The summed E-state index contributed by atoms with van der Waals surface area (Å²) in [5, 5.41) is 0. The number of phosphoric ester groups is 1. The average molecular weight is 746 g/mol. The lowest BCUT2D eigenvalue weighted by molar-refractivity contribution is -0.870. The lowest BCUT2D eigenvalue weighted by Gasteiger charge is -2.28. The van der Waals surface area contributed by atoms with Gasteiger partial charge < -0.3 is 27.9 Å². The number of hydrogen-bond donors (Lipinski definition) is 0. The number of esters is 2. The van der Waals surface area contributed by atoms with Gasteiger partial charge in [-0.05, 0) is 31.1 Å². The van der Waals surface area contributed by atoms with Crippen molar-refractivity contribution in [2.75, 3.05) is 47.5 Å². The van der Waals surface area contributed by atoms with Crippen LogP contribution in [0, 0.1) is 11.8 Å². The highest BCUT2D eigenvalue weighted by Crippen LogP contribution is 2.45. The van der Waals surface area contributed by atoms with Gasteiger partial charge >= 0.3 is 11.9 Å². The van der Waals surface area contributed by atoms with Crippen LogP contribution in [-0.4, -0.2) is 70.0 Å². The first-order chi connectivity index (χ1) is 24.5. The molecule has 0 spiro atoms. The molecule has 0 aromatic carbocycles. The van der Waals surface area contributed by atoms with Crippen molar-refractivity contribution >= 4 is 19.8 Å². The summed E-state index contributed by atoms with van der Waals surface area (Å²) in [5.41, 5.74) is 0. The molecule has 1 fully saturated rings. The van der Waals surface area contributed by atoms with Gasteiger partial charge in [0.25, 0.3) is 7.82 Å². The van der Waals surface area contributed by atoms with Crippen molar-refractivity contribution in [3.8, 4) is 0 Å². The van der Waals surface area contributed by atoms with Crippen LogP contribution in [0.1, 0.15) is 187 Å². The zero-order chi connectivity index (χ0) is 37.6. The highest BCUT2D eigenvalue weighted by atomic mass is 31.2. The summed E-state index contributed by atoms with van der Waals surface area (Å²) in [7, 11) is 1.18. The van der Waals surface area contributed by atoms with Crippen LogP contribution >= 0.6 is 7.82 Å². The van der Waals surface area contributed by atoms with E-state index in [0.717, 1.165) is 43.9 Å². The number of unbranched alkanes of at least 4 members (excludes halogenated alkanes) is 19. The summed E-state index contributed by atoms with van der Waals surface area (Å²) in [6.45, 7) is 4.26. The standard InChI is InChI=1S/C41H80NO8P/c1-6-8-10-12-13-14-15-16-17-18-19-22-26-30-40(43)47-35-39(36-49-51(45,46)48-33-32-42(3,4)5)50-41(44)31-27-23-20-21-25-29-38-34-37(38)28-24-11-9-7-2/h37-39H,6-36H2,1-5H3/t37?,38?,39-/m1/s1. The molecule has 0 N–H and O–H groups in total. The summed E-state index contributed by atoms with van der Waals surface area (Å²) < 4.78 is 33.9. The zero-order valence-corrected chi connectivity index (χ0v) is 34.7. The van der Waals surface area contributed by atoms with Gasteiger partial charge in [0.05, 0.1) is 27.7 Å². The molecular formula is C41H80NO8P. The predicted molar refractivity (Wildman–Crippen MR) is 206 cm³/mol. The highest BCUT2D eigenvalue weighted by molar-refractivity contribution is 7.45. The molecule has 0 heterocycles. The molecular weight excluding hydrogens is 665 g/mol. The van der Waals surface area contributed by atoms with Crippen LogP contribution in [0.25, 0.3) is 0 Å². The SMILES string of the molecule is CCCCCCCCCCCCCCCC(=O)OC[C@H](COP(=O)([O-])OCC[N+](C)(C)C)OC(=O)CCCCCCCC1CC1CCCCCC. The van der Waals surface area contributed by atoms with Gasteiger partial charge in [-0.1, -0.05) is 155 Å². The van der Waals surface area contributed by atoms with E-state index in [9.17, 15) is 19.0 Å². The molecule has 0 saturated heterocycles. The minimum absolute atomic E-state index is 0.0247. The molecule has 302 valence electrons. The summed E-state index contributed by atoms with van der Waals surface area (Å²) in [6.07, 6.45) is 30.2. The van der Waals surface area contributed by atoms with Crippen molar-refractivity contribution in [3.05, 3.63) is 0 Å². The van der Waals surface area contributed by atoms with Crippen LogP contribution in [0.5, 0.6) is 0 Å². The molecule has 10 heteroatoms. The zero-order valence-electron chi connectivity index (χ0n) is 33.8. The summed E-state index contributed by atoms with van der Waals surface area (Å²) in [5.74, 6) is 1.10. The quantitative estimate of drug-likeness (QED) is 0.0267. The van der Waals surface area contributed by atoms with Crippen molar-refractivity contribution in [1.29, 1.82) is 0 Å². The van der Waals surface area contributed by atoms with Gasteiger partial charge in [0, 0.05) is 12.8 Å². The number of phosphoric acid groups is 1. The Labute approximate surface area is 313 Å². The minimum Gasteiger partial charge on any atom is -0.756 e. The Morgan fingerprint density at radius 1 is 0.627 bits per heavy atom. The van der Waals surface area contributed by atoms with Gasteiger partial charge in [0.2, 0.25) is 0 Å². The Balaban J connectivity index is 2.29. The van der Waals surface area contributed by atoms with Crippen LogP contribution in [0.15, 0.2) is 0 Å². The molecule has 9 nitrogen and oxygen atoms in total. The smallest absolute Gasteiger partial charge is 0.306 e. The van der Waals surface area contributed by atoms with E-state index in [4.69, 9.17) is 18.5 Å². The van der Waals surface area contributed by atoms with E-state index in [-0.39, 0.29) is 32.0 Å². The van der Waals surface area contributed by atoms with E-state index in [2.05, 4.69) is 13.8 Å². The number of carbonyl (C=O) groups excluding carboxylic acids is 2. The third-order valence-corrected chi connectivity index (χ3v) is 11.1. The number of ether oxygens (including phenoxy) is 2. The number of quaternary nitrogens is 1. The van der Waals surface area contributed by atoms with Gasteiger partial charge in [0.1, 0.15) is 19.8 Å². The second-order valence-electron chi connectivity index (χ2n) is 16.3. The van der Waals surface area contributed by atoms with E-state index < -0.39 is 26.5 Å². The molecule has 1 saturated carbocycles. The van der Waals surface area contributed by atoms with Crippen LogP contribution < -0.4 is 4.89 Å². The first-order valence-corrected chi connectivity index (χ1v) is 22.7. The second-order valence-corrected chi connectivity index (χ2v) is 17.7. The van der Waals surface area contributed by atoms with E-state index in [0.29, 0.717) is 17.4 Å². The first kappa shape index (κ1) is 48.0. The van der Waals surface area contributed by atoms with Gasteiger partial charge in [-0.25, -0.2) is 0 Å². The second kappa shape index (κ2) is 30.3. The van der Waals surface area contributed by atoms with Crippen molar-refractivity contribution in [2.45, 2.75) is 193 Å². The van der Waals surface area contributed by atoms with E-state index in [1.54, 1.807) is 0 Å². The van der Waals surface area contributed by atoms with E-state index in [1.165, 1.54) is 122 Å². The van der Waals surface area contributed by atoms with Crippen LogP contribution in [0.2, 0.25) is 0 Å². The fourth-order valence-electron chi connectivity index (χ4n) is 6.60. The van der Waals surface area contributed by atoms with Gasteiger partial charge in [-0.2, -0.15) is 0 Å². The normalized spacial score (nSPS) is 17.6. The van der Waals surface area contributed by atoms with Crippen LogP contribution in [0.4, 0.5) is 0 Å². The molecule has 1 rings (SSSR count). The molecule has 51 heavy (non-hydrogen) atoms. The Hall–Kier alpha value is -0.990. The monoisotopic (exact) mass is 746 g/mol. The number of rotatable bonds is 37. The highest BCUT2D eigenvalue weighted by Gasteiger charge is 2.35. The maximum absolute atomic E-state index is 12.7. The fraction of sp³-hybridized carbons (Fsp3) is 0.951. The van der Waals surface area contributed by atoms with Crippen molar-refractivity contribution in [3.63, 3.8) is 0 Å². The Morgan fingerprint density at radius 3 is 1.55 bits per heavy atom. The lowest BCUT2D eigenvalue weighted by Crippen LogP contribution is -2.37. The molecule has 3 unspecified atom stereocenters. The van der Waals surface area contributed by atoms with Crippen molar-refractivity contribution < 1.29 is 42.1 Å². The van der Waals surface area contributed by atoms with Crippen molar-refractivity contribution in [1.82, 2.24) is 0 Å². The maximum Gasteiger partial charge on any atom is 0.306 e. The van der Waals surface area contributed by atoms with E-state index >= 15 is 0 Å². The molecule has 0 aromatic heterocycles. The number of likely N-dealkylation sites (N-methyl/N-ethyl adjacent to an activating group) is 1. The number of hydrogen-bond acceptors (Lipinski definition) is 8. The first-order valence-electron chi connectivity index (χ1n) is 21.2. The van der Waals surface area contributed by atoms with Gasteiger partial charge in [0.15, 0.2) is 6.10 Å². The molecule has 0 radical (unpaired) electrons. The van der Waals surface area contributed by atoms with Crippen LogP contribution in [-0.2, 0) is 32.7 Å². The number of nitrogens with zero attached hydrogens (tertiary/aromatic N) is 1. The molecule has 0 amide bonds. The average Bonchev–Trinajstić information content (AvgIpc) is 3.83. The van der Waals surface area contributed by atoms with Gasteiger partial charge in [-0.15, -0.1) is 0 Å². The van der Waals surface area contributed by atoms with Gasteiger partial charge in [-0.3, -0.25) is 14.2 Å². The van der Waals surface area contributed by atoms with Crippen molar-refractivity contribution in [2.24, 2.45) is 11.8 Å². The minimum atomic E-state index is -4.61. The third kappa shape index (κ3) is 31.1. The lowest BCUT2D eigenvalue weighted by atomic mass is 10.0. The molecule has 0 aromatic rings. The van der Waals surface area contributed by atoms with Crippen LogP contribution in [0.3, 0.4) is 0 Å².